The van der Waals surface area contributed by atoms with Crippen LogP contribution in [0.4, 0.5) is 0 Å². The lowest BCUT2D eigenvalue weighted by Gasteiger charge is -2.45. The summed E-state index contributed by atoms with van der Waals surface area (Å²) < 4.78 is 10.9. The maximum absolute atomic E-state index is 5.54. The summed E-state index contributed by atoms with van der Waals surface area (Å²) in [6.07, 6.45) is 6.74. The van der Waals surface area contributed by atoms with Gasteiger partial charge in [-0.1, -0.05) is 5.92 Å². The molecule has 15 heavy (non-hydrogen) atoms. The molecule has 1 N–H and O–H groups in total. The van der Waals surface area contributed by atoms with E-state index < -0.39 is 0 Å². The van der Waals surface area contributed by atoms with E-state index >= 15 is 0 Å². The Hall–Kier alpha value is -0.560. The number of hydrogen-bond acceptors (Lipinski definition) is 3. The molecule has 0 spiro atoms. The van der Waals surface area contributed by atoms with Gasteiger partial charge in [0.25, 0.3) is 0 Å². The van der Waals surface area contributed by atoms with Crippen LogP contribution in [0.25, 0.3) is 0 Å². The summed E-state index contributed by atoms with van der Waals surface area (Å²) >= 11 is 0. The summed E-state index contributed by atoms with van der Waals surface area (Å²) in [6.45, 7) is 6.72. The Labute approximate surface area is 92.5 Å². The zero-order valence-electron chi connectivity index (χ0n) is 10.0. The van der Waals surface area contributed by atoms with E-state index in [1.54, 1.807) is 7.11 Å². The summed E-state index contributed by atoms with van der Waals surface area (Å²) in [6, 6.07) is 0.303. The summed E-state index contributed by atoms with van der Waals surface area (Å²) in [5.74, 6) is 2.72. The molecule has 3 unspecified atom stereocenters. The van der Waals surface area contributed by atoms with Gasteiger partial charge in [-0.25, -0.2) is 0 Å². The topological polar surface area (TPSA) is 30.5 Å². The molecule has 0 radical (unpaired) electrons. The molecule has 1 rings (SSSR count). The van der Waals surface area contributed by atoms with Crippen molar-refractivity contribution in [3.63, 3.8) is 0 Å². The van der Waals surface area contributed by atoms with E-state index in [4.69, 9.17) is 15.9 Å². The third-order valence-electron chi connectivity index (χ3n) is 2.81. The zero-order chi connectivity index (χ0) is 11.5. The maximum atomic E-state index is 5.54. The van der Waals surface area contributed by atoms with Gasteiger partial charge in [-0.05, 0) is 27.2 Å². The van der Waals surface area contributed by atoms with Gasteiger partial charge in [0.2, 0.25) is 0 Å². The van der Waals surface area contributed by atoms with E-state index in [2.05, 4.69) is 11.2 Å². The van der Waals surface area contributed by atoms with Crippen molar-refractivity contribution in [2.24, 2.45) is 0 Å². The molecule has 1 fully saturated rings. The monoisotopic (exact) mass is 211 g/mol. The summed E-state index contributed by atoms with van der Waals surface area (Å²) in [5, 5.41) is 3.39. The molecule has 0 aromatic carbocycles. The number of ether oxygens (including phenoxy) is 2. The molecule has 86 valence electrons. The number of methoxy groups -OCH3 is 1. The highest BCUT2D eigenvalue weighted by Gasteiger charge is 2.43. The van der Waals surface area contributed by atoms with Gasteiger partial charge in [-0.15, -0.1) is 6.42 Å². The molecule has 0 heterocycles. The molecule has 0 amide bonds. The fraction of sp³-hybridized carbons (Fsp3) is 0.833. The van der Waals surface area contributed by atoms with Gasteiger partial charge in [-0.3, -0.25) is 5.32 Å². The van der Waals surface area contributed by atoms with E-state index in [0.29, 0.717) is 6.04 Å². The molecule has 3 atom stereocenters. The highest BCUT2D eigenvalue weighted by molar-refractivity contribution is 5.11. The lowest BCUT2D eigenvalue weighted by Crippen LogP contribution is -2.63. The van der Waals surface area contributed by atoms with E-state index in [1.807, 2.05) is 20.8 Å². The third kappa shape index (κ3) is 2.94. The molecule has 0 saturated heterocycles. The van der Waals surface area contributed by atoms with Gasteiger partial charge in [0.15, 0.2) is 0 Å². The minimum atomic E-state index is -0.279. The zero-order valence-corrected chi connectivity index (χ0v) is 10.0. The van der Waals surface area contributed by atoms with Crippen LogP contribution >= 0.6 is 0 Å². The van der Waals surface area contributed by atoms with Crippen molar-refractivity contribution in [3.8, 4) is 12.3 Å². The quantitative estimate of drug-likeness (QED) is 0.693. The van der Waals surface area contributed by atoms with Crippen molar-refractivity contribution < 1.29 is 9.47 Å². The molecule has 3 heteroatoms. The Morgan fingerprint density at radius 1 is 1.53 bits per heavy atom. The summed E-state index contributed by atoms with van der Waals surface area (Å²) in [5.41, 5.74) is -0.279. The van der Waals surface area contributed by atoms with Crippen molar-refractivity contribution in [3.05, 3.63) is 0 Å². The molecule has 1 aliphatic rings. The van der Waals surface area contributed by atoms with Crippen molar-refractivity contribution in [1.29, 1.82) is 0 Å². The number of terminal acetylenes is 1. The average Bonchev–Trinajstić information content (AvgIpc) is 2.16. The Morgan fingerprint density at radius 3 is 2.67 bits per heavy atom. The van der Waals surface area contributed by atoms with Crippen molar-refractivity contribution >= 4 is 0 Å². The van der Waals surface area contributed by atoms with Crippen LogP contribution in [0.1, 0.15) is 27.2 Å². The minimum Gasteiger partial charge on any atom is -0.377 e. The third-order valence-corrected chi connectivity index (χ3v) is 2.81. The van der Waals surface area contributed by atoms with E-state index in [1.165, 1.54) is 0 Å². The standard InChI is InChI=1S/C12H21NO2/c1-6-12(3,4)13-9-8-10(15-7-2)11(9)14-5/h1,9-11,13H,7-8H2,2-5H3. The minimum absolute atomic E-state index is 0.123. The molecule has 3 nitrogen and oxygen atoms in total. The molecule has 0 aromatic rings. The van der Waals surface area contributed by atoms with Crippen molar-refractivity contribution in [2.45, 2.75) is 51.0 Å². The fourth-order valence-corrected chi connectivity index (χ4v) is 1.92. The van der Waals surface area contributed by atoms with Crippen LogP contribution in [0, 0.1) is 12.3 Å². The van der Waals surface area contributed by atoms with Crippen LogP contribution in [0.5, 0.6) is 0 Å². The predicted octanol–water partition coefficient (Wildman–Crippen LogP) is 1.18. The second-order valence-electron chi connectivity index (χ2n) is 4.45. The highest BCUT2D eigenvalue weighted by Crippen LogP contribution is 2.28. The molecular weight excluding hydrogens is 190 g/mol. The second-order valence-corrected chi connectivity index (χ2v) is 4.45. The van der Waals surface area contributed by atoms with E-state index in [-0.39, 0.29) is 17.7 Å². The molecule has 1 saturated carbocycles. The van der Waals surface area contributed by atoms with Gasteiger partial charge in [0, 0.05) is 19.8 Å². The Bertz CT molecular complexity index is 244. The number of nitrogens with one attached hydrogen (secondary N) is 1. The largest absolute Gasteiger partial charge is 0.377 e. The van der Waals surface area contributed by atoms with E-state index in [9.17, 15) is 0 Å². The van der Waals surface area contributed by atoms with Crippen LogP contribution in [-0.4, -0.2) is 37.5 Å². The first-order chi connectivity index (χ1) is 7.04. The summed E-state index contributed by atoms with van der Waals surface area (Å²) in [7, 11) is 1.72. The Kier molecular flexibility index (Phi) is 4.15. The number of rotatable bonds is 5. The lowest BCUT2D eigenvalue weighted by molar-refractivity contribution is -0.134. The molecule has 0 aromatic heterocycles. The molecular formula is C12H21NO2. The van der Waals surface area contributed by atoms with Crippen molar-refractivity contribution in [1.82, 2.24) is 5.32 Å². The van der Waals surface area contributed by atoms with Crippen molar-refractivity contribution in [2.75, 3.05) is 13.7 Å². The smallest absolute Gasteiger partial charge is 0.0987 e. The fourth-order valence-electron chi connectivity index (χ4n) is 1.92. The molecule has 1 aliphatic carbocycles. The number of hydrogen-bond donors (Lipinski definition) is 1. The molecule has 0 bridgehead atoms. The van der Waals surface area contributed by atoms with Gasteiger partial charge < -0.3 is 9.47 Å². The van der Waals surface area contributed by atoms with E-state index in [0.717, 1.165) is 13.0 Å². The Balaban J connectivity index is 2.44. The predicted molar refractivity (Wildman–Crippen MR) is 60.7 cm³/mol. The highest BCUT2D eigenvalue weighted by atomic mass is 16.5. The summed E-state index contributed by atoms with van der Waals surface area (Å²) in [4.78, 5) is 0. The molecule has 0 aliphatic heterocycles. The Morgan fingerprint density at radius 2 is 2.20 bits per heavy atom. The first kappa shape index (κ1) is 12.5. The van der Waals surface area contributed by atoms with Crippen LogP contribution in [0.2, 0.25) is 0 Å². The normalized spacial score (nSPS) is 30.7. The average molecular weight is 211 g/mol. The van der Waals surface area contributed by atoms with Crippen LogP contribution in [-0.2, 0) is 9.47 Å². The first-order valence-corrected chi connectivity index (χ1v) is 5.44. The van der Waals surface area contributed by atoms with Gasteiger partial charge in [0.1, 0.15) is 0 Å². The SMILES string of the molecule is C#CC(C)(C)NC1CC(OCC)C1OC. The van der Waals surface area contributed by atoms with Gasteiger partial charge in [0.05, 0.1) is 17.7 Å². The van der Waals surface area contributed by atoms with Gasteiger partial charge >= 0.3 is 0 Å². The first-order valence-electron chi connectivity index (χ1n) is 5.44. The maximum Gasteiger partial charge on any atom is 0.0987 e. The van der Waals surface area contributed by atoms with Crippen LogP contribution in [0.3, 0.4) is 0 Å². The van der Waals surface area contributed by atoms with Crippen LogP contribution < -0.4 is 5.32 Å². The van der Waals surface area contributed by atoms with Gasteiger partial charge in [-0.2, -0.15) is 0 Å². The second kappa shape index (κ2) is 4.98. The van der Waals surface area contributed by atoms with Crippen LogP contribution in [0.15, 0.2) is 0 Å². The lowest BCUT2D eigenvalue weighted by atomic mass is 9.83.